The molecule has 1 saturated heterocycles. The van der Waals surface area contributed by atoms with Gasteiger partial charge in [-0.1, -0.05) is 13.0 Å². The van der Waals surface area contributed by atoms with E-state index in [9.17, 15) is 8.42 Å². The molecule has 1 aliphatic carbocycles. The van der Waals surface area contributed by atoms with Crippen LogP contribution >= 0.6 is 0 Å². The van der Waals surface area contributed by atoms with E-state index in [4.69, 9.17) is 9.47 Å². The average Bonchev–Trinajstić information content (AvgIpc) is 3.75. The molecular formula is C27H34N4O4S. The molecule has 2 fully saturated rings. The van der Waals surface area contributed by atoms with Gasteiger partial charge in [0.05, 0.1) is 36.8 Å². The van der Waals surface area contributed by atoms with Crippen LogP contribution in [0.1, 0.15) is 25.3 Å². The topological polar surface area (TPSA) is 92.8 Å². The van der Waals surface area contributed by atoms with E-state index in [1.165, 1.54) is 0 Å². The van der Waals surface area contributed by atoms with Crippen LogP contribution in [0.3, 0.4) is 0 Å². The van der Waals surface area contributed by atoms with Crippen LogP contribution in [0.4, 0.5) is 11.4 Å². The van der Waals surface area contributed by atoms with Gasteiger partial charge in [0.1, 0.15) is 5.75 Å². The van der Waals surface area contributed by atoms with Gasteiger partial charge in [0, 0.05) is 43.4 Å². The summed E-state index contributed by atoms with van der Waals surface area (Å²) in [6.07, 6.45) is 3.96. The summed E-state index contributed by atoms with van der Waals surface area (Å²) in [5.41, 5.74) is 5.33. The summed E-state index contributed by atoms with van der Waals surface area (Å²) in [5.74, 6) is 0.582. The summed E-state index contributed by atoms with van der Waals surface area (Å²) < 4.78 is 39.3. The maximum atomic E-state index is 12.7. The zero-order valence-corrected chi connectivity index (χ0v) is 21.7. The fourth-order valence-corrected chi connectivity index (χ4v) is 6.08. The van der Waals surface area contributed by atoms with Crippen LogP contribution in [0.25, 0.3) is 22.0 Å². The molecule has 1 aromatic heterocycles. The number of anilines is 2. The third-order valence-electron chi connectivity index (χ3n) is 6.89. The Bertz CT molecular complexity index is 1340. The SMILES string of the molecule is CCc1cc(-c2ccc3nccc(NCCN4CCOCC4)c3c2)cc(NS(=O)(=O)C2CC2)c1OC. The first-order valence-electron chi connectivity index (χ1n) is 12.6. The van der Waals surface area contributed by atoms with Gasteiger partial charge in [-0.3, -0.25) is 14.6 Å². The van der Waals surface area contributed by atoms with Crippen molar-refractivity contribution in [1.82, 2.24) is 9.88 Å². The number of methoxy groups -OCH3 is 1. The second kappa shape index (κ2) is 10.6. The van der Waals surface area contributed by atoms with Gasteiger partial charge >= 0.3 is 0 Å². The largest absolute Gasteiger partial charge is 0.494 e. The molecule has 1 saturated carbocycles. The molecule has 3 aromatic rings. The lowest BCUT2D eigenvalue weighted by atomic mass is 9.98. The van der Waals surface area contributed by atoms with Gasteiger partial charge < -0.3 is 14.8 Å². The Kier molecular flexibility index (Phi) is 7.32. The van der Waals surface area contributed by atoms with Crippen molar-refractivity contribution in [2.24, 2.45) is 0 Å². The van der Waals surface area contributed by atoms with Crippen molar-refractivity contribution < 1.29 is 17.9 Å². The van der Waals surface area contributed by atoms with Crippen molar-refractivity contribution in [3.63, 3.8) is 0 Å². The number of ether oxygens (including phenoxy) is 2. The van der Waals surface area contributed by atoms with Gasteiger partial charge in [-0.25, -0.2) is 8.42 Å². The number of nitrogens with one attached hydrogen (secondary N) is 2. The Morgan fingerprint density at radius 1 is 1.08 bits per heavy atom. The molecule has 2 N–H and O–H groups in total. The van der Waals surface area contributed by atoms with Gasteiger partial charge in [0.2, 0.25) is 10.0 Å². The second-order valence-corrected chi connectivity index (χ2v) is 11.3. The Balaban J connectivity index is 1.45. The van der Waals surface area contributed by atoms with Crippen LogP contribution in [0.2, 0.25) is 0 Å². The van der Waals surface area contributed by atoms with Crippen molar-refractivity contribution in [2.75, 3.05) is 56.5 Å². The fourth-order valence-electron chi connectivity index (χ4n) is 4.70. The Hall–Kier alpha value is -2.88. The van der Waals surface area contributed by atoms with Crippen molar-refractivity contribution in [2.45, 2.75) is 31.4 Å². The minimum atomic E-state index is -3.42. The van der Waals surface area contributed by atoms with E-state index >= 15 is 0 Å². The van der Waals surface area contributed by atoms with Crippen LogP contribution in [0, 0.1) is 0 Å². The first-order valence-corrected chi connectivity index (χ1v) is 14.2. The van der Waals surface area contributed by atoms with Crippen LogP contribution in [0.5, 0.6) is 5.75 Å². The highest BCUT2D eigenvalue weighted by Crippen LogP contribution is 2.39. The lowest BCUT2D eigenvalue weighted by Crippen LogP contribution is -2.39. The molecular weight excluding hydrogens is 476 g/mol. The zero-order chi connectivity index (χ0) is 25.1. The molecule has 8 nitrogen and oxygen atoms in total. The number of rotatable bonds is 10. The Labute approximate surface area is 213 Å². The summed E-state index contributed by atoms with van der Waals surface area (Å²) in [4.78, 5) is 6.95. The lowest BCUT2D eigenvalue weighted by molar-refractivity contribution is 0.0398. The maximum Gasteiger partial charge on any atom is 0.235 e. The number of pyridine rings is 1. The number of morpholine rings is 1. The quantitative estimate of drug-likeness (QED) is 0.424. The monoisotopic (exact) mass is 510 g/mol. The van der Waals surface area contributed by atoms with Gasteiger partial charge in [-0.15, -0.1) is 0 Å². The first-order chi connectivity index (χ1) is 17.5. The number of nitrogens with zero attached hydrogens (tertiary/aromatic N) is 2. The smallest absolute Gasteiger partial charge is 0.235 e. The number of hydrogen-bond acceptors (Lipinski definition) is 7. The van der Waals surface area contributed by atoms with Crippen molar-refractivity contribution in [3.8, 4) is 16.9 Å². The number of benzene rings is 2. The van der Waals surface area contributed by atoms with Gasteiger partial charge in [0.25, 0.3) is 0 Å². The molecule has 0 amide bonds. The van der Waals surface area contributed by atoms with Crippen molar-refractivity contribution >= 4 is 32.3 Å². The molecule has 5 rings (SSSR count). The maximum absolute atomic E-state index is 12.7. The molecule has 36 heavy (non-hydrogen) atoms. The molecule has 0 bridgehead atoms. The molecule has 0 radical (unpaired) electrons. The van der Waals surface area contributed by atoms with E-state index in [0.29, 0.717) is 24.3 Å². The highest BCUT2D eigenvalue weighted by Gasteiger charge is 2.36. The van der Waals surface area contributed by atoms with Gasteiger partial charge in [-0.2, -0.15) is 0 Å². The van der Waals surface area contributed by atoms with E-state index in [0.717, 1.165) is 79.1 Å². The van der Waals surface area contributed by atoms with Gasteiger partial charge in [-0.05, 0) is 66.3 Å². The fraction of sp³-hybridized carbons (Fsp3) is 0.444. The van der Waals surface area contributed by atoms with Crippen molar-refractivity contribution in [3.05, 3.63) is 48.2 Å². The van der Waals surface area contributed by atoms with Crippen LogP contribution < -0.4 is 14.8 Å². The molecule has 2 heterocycles. The Morgan fingerprint density at radius 2 is 1.89 bits per heavy atom. The standard InChI is InChI=1S/C27H34N4O4S/c1-3-19-16-21(18-26(27(19)34-2)30-36(32,33)22-5-6-22)20-4-7-24-23(17-20)25(8-9-28-24)29-10-11-31-12-14-35-15-13-31/h4,7-9,16-18,22,30H,3,5-6,10-15H2,1-2H3,(H,28,29). The lowest BCUT2D eigenvalue weighted by Gasteiger charge is -2.26. The minimum Gasteiger partial charge on any atom is -0.494 e. The summed E-state index contributed by atoms with van der Waals surface area (Å²) >= 11 is 0. The predicted octanol–water partition coefficient (Wildman–Crippen LogP) is 4.12. The number of aromatic nitrogens is 1. The molecule has 2 aromatic carbocycles. The summed E-state index contributed by atoms with van der Waals surface area (Å²) in [6, 6.07) is 12.1. The van der Waals surface area contributed by atoms with E-state index in [1.807, 2.05) is 37.4 Å². The highest BCUT2D eigenvalue weighted by atomic mass is 32.2. The third-order valence-corrected chi connectivity index (χ3v) is 8.74. The number of hydrogen-bond donors (Lipinski definition) is 2. The van der Waals surface area contributed by atoms with E-state index in [-0.39, 0.29) is 5.25 Å². The Morgan fingerprint density at radius 3 is 2.61 bits per heavy atom. The predicted molar refractivity (Wildman–Crippen MR) is 144 cm³/mol. The minimum absolute atomic E-state index is 0.311. The molecule has 2 aliphatic rings. The summed E-state index contributed by atoms with van der Waals surface area (Å²) in [5, 5.41) is 4.30. The zero-order valence-electron chi connectivity index (χ0n) is 20.9. The van der Waals surface area contributed by atoms with Crippen LogP contribution in [-0.4, -0.2) is 70.1 Å². The normalized spacial score (nSPS) is 16.7. The van der Waals surface area contributed by atoms with Crippen molar-refractivity contribution in [1.29, 1.82) is 0 Å². The average molecular weight is 511 g/mol. The van der Waals surface area contributed by atoms with E-state index < -0.39 is 10.0 Å². The number of aryl methyl sites for hydroxylation is 1. The molecule has 0 unspecified atom stereocenters. The van der Waals surface area contributed by atoms with E-state index in [2.05, 4.69) is 32.1 Å². The summed E-state index contributed by atoms with van der Waals surface area (Å²) in [7, 11) is -1.84. The molecule has 0 atom stereocenters. The molecule has 1 aliphatic heterocycles. The molecule has 0 spiro atoms. The van der Waals surface area contributed by atoms with Crippen LogP contribution in [0.15, 0.2) is 42.6 Å². The third kappa shape index (κ3) is 5.43. The molecule has 9 heteroatoms. The van der Waals surface area contributed by atoms with E-state index in [1.54, 1.807) is 7.11 Å². The van der Waals surface area contributed by atoms with Gasteiger partial charge in [0.15, 0.2) is 0 Å². The first kappa shape index (κ1) is 24.8. The summed E-state index contributed by atoms with van der Waals surface area (Å²) in [6.45, 7) is 7.35. The second-order valence-electron chi connectivity index (χ2n) is 9.39. The van der Waals surface area contributed by atoms with Crippen LogP contribution in [-0.2, 0) is 21.2 Å². The number of sulfonamides is 1. The molecule has 192 valence electrons. The number of fused-ring (bicyclic) bond motifs is 1. The highest BCUT2D eigenvalue weighted by molar-refractivity contribution is 7.93.